The molecule has 1 saturated carbocycles. The number of carbonyl (C=O) groups is 1. The number of hydrogen-bond acceptors (Lipinski definition) is 7. The fourth-order valence-corrected chi connectivity index (χ4v) is 6.13. The van der Waals surface area contributed by atoms with E-state index < -0.39 is 22.0 Å². The van der Waals surface area contributed by atoms with Crippen molar-refractivity contribution in [3.05, 3.63) is 54.4 Å². The number of unbranched alkanes of at least 4 members (excludes halogenated alkanes) is 1. The number of halogens is 1. The summed E-state index contributed by atoms with van der Waals surface area (Å²) in [6.07, 6.45) is 7.99. The maximum Gasteiger partial charge on any atom is 0.262 e. The number of benzene rings is 1. The number of nitrogens with zero attached hydrogens (tertiary/aromatic N) is 2. The SMILES string of the molecule is CCCCOC1CCC([C@H](C(=O)NO)N(Cc2ccncc2)S(=O)(=O)c2ccc(OC)cc2)CC1.Cl. The molecule has 0 radical (unpaired) electrons. The van der Waals surface area contributed by atoms with E-state index in [1.54, 1.807) is 42.1 Å². The van der Waals surface area contributed by atoms with Gasteiger partial charge in [0.15, 0.2) is 0 Å². The minimum atomic E-state index is -4.10. The number of rotatable bonds is 12. The van der Waals surface area contributed by atoms with E-state index in [0.717, 1.165) is 25.7 Å². The summed E-state index contributed by atoms with van der Waals surface area (Å²) >= 11 is 0. The van der Waals surface area contributed by atoms with Gasteiger partial charge in [-0.3, -0.25) is 15.0 Å². The molecule has 3 rings (SSSR count). The Hall–Kier alpha value is -2.24. The molecule has 1 aliphatic rings. The van der Waals surface area contributed by atoms with Gasteiger partial charge in [0.1, 0.15) is 11.8 Å². The van der Waals surface area contributed by atoms with Crippen LogP contribution in [0.25, 0.3) is 0 Å². The molecular formula is C25H36ClN3O6S. The van der Waals surface area contributed by atoms with E-state index in [1.807, 2.05) is 0 Å². The average molecular weight is 542 g/mol. The Morgan fingerprint density at radius 3 is 2.33 bits per heavy atom. The smallest absolute Gasteiger partial charge is 0.262 e. The van der Waals surface area contributed by atoms with Crippen molar-refractivity contribution in [1.82, 2.24) is 14.8 Å². The van der Waals surface area contributed by atoms with Gasteiger partial charge >= 0.3 is 0 Å². The molecule has 1 aromatic carbocycles. The second-order valence-electron chi connectivity index (χ2n) is 8.76. The van der Waals surface area contributed by atoms with Crippen LogP contribution < -0.4 is 10.2 Å². The third-order valence-electron chi connectivity index (χ3n) is 6.46. The number of hydroxylamine groups is 1. The van der Waals surface area contributed by atoms with E-state index in [9.17, 15) is 18.4 Å². The summed E-state index contributed by atoms with van der Waals surface area (Å²) < 4.78 is 40.0. The normalized spacial score (nSPS) is 18.8. The second kappa shape index (κ2) is 14.5. The molecule has 0 bridgehead atoms. The standard InChI is InChI=1S/C25H35N3O6S.ClH/c1-3-4-17-34-22-7-5-20(6-8-22)24(25(29)27-30)28(18-19-13-15-26-16-14-19)35(31,32)23-11-9-21(33-2)10-12-23;/h9-16,20,22,24,30H,3-8,17-18H2,1-2H3,(H,27,29);1H/t20?,22?,24-;/m1./s1. The molecule has 1 atom stereocenters. The number of carbonyl (C=O) groups excluding carboxylic acids is 1. The van der Waals surface area contributed by atoms with E-state index in [4.69, 9.17) is 9.47 Å². The number of nitrogens with one attached hydrogen (secondary N) is 1. The molecule has 1 aliphatic carbocycles. The summed E-state index contributed by atoms with van der Waals surface area (Å²) in [7, 11) is -2.60. The summed E-state index contributed by atoms with van der Waals surface area (Å²) in [6.45, 7) is 2.77. The topological polar surface area (TPSA) is 118 Å². The van der Waals surface area contributed by atoms with Crippen LogP contribution in [-0.4, -0.2) is 54.7 Å². The summed E-state index contributed by atoms with van der Waals surface area (Å²) in [5.74, 6) is -0.495. The predicted octanol–water partition coefficient (Wildman–Crippen LogP) is 3.95. The summed E-state index contributed by atoms with van der Waals surface area (Å²) in [5, 5.41) is 9.58. The van der Waals surface area contributed by atoms with Crippen LogP contribution in [0.15, 0.2) is 53.7 Å². The summed E-state index contributed by atoms with van der Waals surface area (Å²) in [6, 6.07) is 8.39. The number of pyridine rings is 1. The Kier molecular flexibility index (Phi) is 12.1. The van der Waals surface area contributed by atoms with E-state index in [1.165, 1.54) is 23.5 Å². The van der Waals surface area contributed by atoms with Crippen LogP contribution in [0.3, 0.4) is 0 Å². The first-order valence-electron chi connectivity index (χ1n) is 12.0. The van der Waals surface area contributed by atoms with Gasteiger partial charge < -0.3 is 9.47 Å². The molecule has 0 aliphatic heterocycles. The first kappa shape index (κ1) is 30.0. The molecule has 2 N–H and O–H groups in total. The first-order chi connectivity index (χ1) is 16.9. The highest BCUT2D eigenvalue weighted by atomic mass is 35.5. The van der Waals surface area contributed by atoms with Crippen LogP contribution in [0.4, 0.5) is 0 Å². The van der Waals surface area contributed by atoms with Gasteiger partial charge in [-0.15, -0.1) is 12.4 Å². The molecular weight excluding hydrogens is 506 g/mol. The Labute approximate surface area is 219 Å². The molecule has 1 heterocycles. The maximum absolute atomic E-state index is 13.9. The summed E-state index contributed by atoms with van der Waals surface area (Å²) in [4.78, 5) is 17.0. The van der Waals surface area contributed by atoms with E-state index in [-0.39, 0.29) is 35.9 Å². The third-order valence-corrected chi connectivity index (χ3v) is 8.30. The molecule has 11 heteroatoms. The fraction of sp³-hybridized carbons (Fsp3) is 0.520. The molecule has 200 valence electrons. The molecule has 2 aromatic rings. The second-order valence-corrected chi connectivity index (χ2v) is 10.7. The lowest BCUT2D eigenvalue weighted by molar-refractivity contribution is -0.136. The van der Waals surface area contributed by atoms with Gasteiger partial charge in [0.2, 0.25) is 10.0 Å². The number of amides is 1. The fourth-order valence-electron chi connectivity index (χ4n) is 4.50. The number of aromatic nitrogens is 1. The molecule has 1 aromatic heterocycles. The minimum Gasteiger partial charge on any atom is -0.497 e. The first-order valence-corrected chi connectivity index (χ1v) is 13.4. The van der Waals surface area contributed by atoms with Gasteiger partial charge in [0.05, 0.1) is 18.1 Å². The quantitative estimate of drug-likeness (QED) is 0.237. The van der Waals surface area contributed by atoms with Crippen molar-refractivity contribution in [2.24, 2.45) is 5.92 Å². The highest BCUT2D eigenvalue weighted by Crippen LogP contribution is 2.34. The van der Waals surface area contributed by atoms with Gasteiger partial charge in [-0.25, -0.2) is 13.9 Å². The van der Waals surface area contributed by atoms with Crippen LogP contribution in [0.5, 0.6) is 5.75 Å². The largest absolute Gasteiger partial charge is 0.497 e. The molecule has 1 amide bonds. The molecule has 9 nitrogen and oxygen atoms in total. The predicted molar refractivity (Wildman–Crippen MR) is 138 cm³/mol. The zero-order chi connectivity index (χ0) is 25.3. The number of methoxy groups -OCH3 is 1. The molecule has 0 saturated heterocycles. The van der Waals surface area contributed by atoms with Crippen LogP contribution in [0.1, 0.15) is 51.0 Å². The van der Waals surface area contributed by atoms with Crippen molar-refractivity contribution in [1.29, 1.82) is 0 Å². The summed E-state index contributed by atoms with van der Waals surface area (Å²) in [5.41, 5.74) is 2.40. The number of ether oxygens (including phenoxy) is 2. The van der Waals surface area contributed by atoms with Crippen LogP contribution in [0.2, 0.25) is 0 Å². The van der Waals surface area contributed by atoms with Crippen molar-refractivity contribution in [3.63, 3.8) is 0 Å². The van der Waals surface area contributed by atoms with Crippen molar-refractivity contribution in [3.8, 4) is 5.75 Å². The molecule has 36 heavy (non-hydrogen) atoms. The Balaban J connectivity index is 0.00000456. The Bertz CT molecular complexity index is 1030. The van der Waals surface area contributed by atoms with Gasteiger partial charge in [-0.1, -0.05) is 13.3 Å². The van der Waals surface area contributed by atoms with Crippen molar-refractivity contribution < 1.29 is 27.9 Å². The van der Waals surface area contributed by atoms with E-state index >= 15 is 0 Å². The van der Waals surface area contributed by atoms with Crippen molar-refractivity contribution in [2.75, 3.05) is 13.7 Å². The Morgan fingerprint density at radius 2 is 1.78 bits per heavy atom. The van der Waals surface area contributed by atoms with E-state index in [2.05, 4.69) is 11.9 Å². The lowest BCUT2D eigenvalue weighted by atomic mass is 9.82. The average Bonchev–Trinajstić information content (AvgIpc) is 2.89. The number of sulfonamides is 1. The van der Waals surface area contributed by atoms with Crippen molar-refractivity contribution in [2.45, 2.75) is 69.0 Å². The van der Waals surface area contributed by atoms with E-state index in [0.29, 0.717) is 30.8 Å². The highest BCUT2D eigenvalue weighted by Gasteiger charge is 2.42. The zero-order valence-electron chi connectivity index (χ0n) is 20.7. The molecule has 0 spiro atoms. The van der Waals surface area contributed by atoms with Crippen LogP contribution >= 0.6 is 12.4 Å². The third kappa shape index (κ3) is 7.63. The van der Waals surface area contributed by atoms with Gasteiger partial charge in [0.25, 0.3) is 5.91 Å². The Morgan fingerprint density at radius 1 is 1.14 bits per heavy atom. The van der Waals surface area contributed by atoms with Crippen molar-refractivity contribution >= 4 is 28.3 Å². The highest BCUT2D eigenvalue weighted by molar-refractivity contribution is 7.89. The maximum atomic E-state index is 13.9. The monoisotopic (exact) mass is 541 g/mol. The van der Waals surface area contributed by atoms with Crippen LogP contribution in [0, 0.1) is 5.92 Å². The van der Waals surface area contributed by atoms with Crippen LogP contribution in [-0.2, 0) is 26.1 Å². The molecule has 1 fully saturated rings. The van der Waals surface area contributed by atoms with Gasteiger partial charge in [0, 0.05) is 25.5 Å². The minimum absolute atomic E-state index is 0. The zero-order valence-corrected chi connectivity index (χ0v) is 22.3. The molecule has 0 unspecified atom stereocenters. The number of hydrogen-bond donors (Lipinski definition) is 2. The van der Waals surface area contributed by atoms with Gasteiger partial charge in [-0.2, -0.15) is 4.31 Å². The van der Waals surface area contributed by atoms with Gasteiger partial charge in [-0.05, 0) is 80.0 Å². The lowest BCUT2D eigenvalue weighted by Crippen LogP contribution is -2.53. The lowest BCUT2D eigenvalue weighted by Gasteiger charge is -2.38.